The summed E-state index contributed by atoms with van der Waals surface area (Å²) < 4.78 is 15.6. The average molecular weight is 315 g/mol. The normalized spacial score (nSPS) is 10.1. The largest absolute Gasteiger partial charge is 0.481 e. The fourth-order valence-corrected chi connectivity index (χ4v) is 1.40. The van der Waals surface area contributed by atoms with E-state index in [9.17, 15) is 9.59 Å². The quantitative estimate of drug-likeness (QED) is 0.336. The van der Waals surface area contributed by atoms with Gasteiger partial charge in [0.05, 0.1) is 46.1 Å². The van der Waals surface area contributed by atoms with Gasteiger partial charge in [-0.15, -0.1) is 12.3 Å². The molecule has 0 bridgehead atoms. The van der Waals surface area contributed by atoms with Crippen molar-refractivity contribution in [1.29, 1.82) is 0 Å². The highest BCUT2D eigenvalue weighted by atomic mass is 16.5. The zero-order valence-electron chi connectivity index (χ0n) is 12.8. The number of aliphatic carboxylic acids is 1. The topological polar surface area (TPSA) is 94.1 Å². The van der Waals surface area contributed by atoms with E-state index in [0.29, 0.717) is 58.8 Å². The van der Waals surface area contributed by atoms with Crippen LogP contribution in [0.2, 0.25) is 0 Å². The van der Waals surface area contributed by atoms with Crippen LogP contribution >= 0.6 is 0 Å². The van der Waals surface area contributed by atoms with Crippen molar-refractivity contribution in [2.45, 2.75) is 25.7 Å². The average Bonchev–Trinajstić information content (AvgIpc) is 2.48. The molecule has 0 heterocycles. The van der Waals surface area contributed by atoms with Gasteiger partial charge in [-0.25, -0.2) is 0 Å². The Morgan fingerprint density at radius 2 is 1.55 bits per heavy atom. The van der Waals surface area contributed by atoms with E-state index in [1.807, 2.05) is 0 Å². The first-order chi connectivity index (χ1) is 10.7. The van der Waals surface area contributed by atoms with Crippen LogP contribution in [-0.2, 0) is 23.8 Å². The molecule has 0 radical (unpaired) electrons. The van der Waals surface area contributed by atoms with E-state index in [0.717, 1.165) is 0 Å². The summed E-state index contributed by atoms with van der Waals surface area (Å²) in [5, 5.41) is 11.1. The standard InChI is InChI=1S/C15H25NO6/c1-2-3-4-5-14(17)16-7-9-21-11-13-22-12-10-20-8-6-15(18)19/h1H,3-13H2,(H,16,17)(H,18,19). The summed E-state index contributed by atoms with van der Waals surface area (Å²) >= 11 is 0. The second-order valence-electron chi connectivity index (χ2n) is 4.39. The Bertz CT molecular complexity index is 339. The summed E-state index contributed by atoms with van der Waals surface area (Å²) in [6.45, 7) is 2.71. The maximum atomic E-state index is 11.3. The molecule has 0 saturated carbocycles. The predicted molar refractivity (Wildman–Crippen MR) is 80.4 cm³/mol. The number of unbranched alkanes of at least 4 members (excludes halogenated alkanes) is 1. The molecule has 0 saturated heterocycles. The molecule has 22 heavy (non-hydrogen) atoms. The molecule has 0 aliphatic rings. The van der Waals surface area contributed by atoms with Crippen molar-refractivity contribution < 1.29 is 28.9 Å². The molecule has 0 unspecified atom stereocenters. The van der Waals surface area contributed by atoms with Gasteiger partial charge >= 0.3 is 5.97 Å². The van der Waals surface area contributed by atoms with Crippen LogP contribution in [0.3, 0.4) is 0 Å². The third kappa shape index (κ3) is 16.4. The number of hydrogen-bond donors (Lipinski definition) is 2. The molecule has 0 spiro atoms. The van der Waals surface area contributed by atoms with Gasteiger partial charge < -0.3 is 24.6 Å². The monoisotopic (exact) mass is 315 g/mol. The fraction of sp³-hybridized carbons (Fsp3) is 0.733. The van der Waals surface area contributed by atoms with Gasteiger partial charge in [0.2, 0.25) is 5.91 Å². The van der Waals surface area contributed by atoms with Crippen molar-refractivity contribution in [2.24, 2.45) is 0 Å². The zero-order valence-corrected chi connectivity index (χ0v) is 12.8. The molecular formula is C15H25NO6. The number of carboxylic acids is 1. The molecule has 0 atom stereocenters. The number of amides is 1. The molecule has 0 aromatic rings. The van der Waals surface area contributed by atoms with E-state index >= 15 is 0 Å². The minimum Gasteiger partial charge on any atom is -0.481 e. The number of rotatable bonds is 15. The number of hydrogen-bond acceptors (Lipinski definition) is 5. The van der Waals surface area contributed by atoms with Gasteiger partial charge in [0.25, 0.3) is 0 Å². The summed E-state index contributed by atoms with van der Waals surface area (Å²) in [7, 11) is 0. The predicted octanol–water partition coefficient (Wildman–Crippen LogP) is 0.431. The number of ether oxygens (including phenoxy) is 3. The van der Waals surface area contributed by atoms with E-state index in [-0.39, 0.29) is 18.9 Å². The molecule has 0 rings (SSSR count). The van der Waals surface area contributed by atoms with Gasteiger partial charge in [-0.3, -0.25) is 9.59 Å². The molecule has 0 aliphatic heterocycles. The minimum atomic E-state index is -0.877. The molecule has 0 aliphatic carbocycles. The number of carbonyl (C=O) groups is 2. The summed E-state index contributed by atoms with van der Waals surface area (Å²) in [4.78, 5) is 21.5. The van der Waals surface area contributed by atoms with Crippen molar-refractivity contribution in [1.82, 2.24) is 5.32 Å². The first-order valence-corrected chi connectivity index (χ1v) is 7.32. The maximum Gasteiger partial charge on any atom is 0.305 e. The SMILES string of the molecule is C#CCCCC(=O)NCCOCCOCCOCCC(=O)O. The Kier molecular flexibility index (Phi) is 14.6. The first kappa shape index (κ1) is 20.4. The van der Waals surface area contributed by atoms with Gasteiger partial charge in [-0.2, -0.15) is 0 Å². The second-order valence-corrected chi connectivity index (χ2v) is 4.39. The van der Waals surface area contributed by atoms with Crippen LogP contribution in [0.25, 0.3) is 0 Å². The van der Waals surface area contributed by atoms with Crippen LogP contribution in [0.1, 0.15) is 25.7 Å². The van der Waals surface area contributed by atoms with Gasteiger partial charge in [0, 0.05) is 19.4 Å². The summed E-state index contributed by atoms with van der Waals surface area (Å²) in [6, 6.07) is 0. The number of terminal acetylenes is 1. The number of carbonyl (C=O) groups excluding carboxylic acids is 1. The van der Waals surface area contributed by atoms with E-state index in [4.69, 9.17) is 25.7 Å². The van der Waals surface area contributed by atoms with E-state index in [1.165, 1.54) is 0 Å². The lowest BCUT2D eigenvalue weighted by atomic mass is 10.2. The molecule has 7 nitrogen and oxygen atoms in total. The lowest BCUT2D eigenvalue weighted by molar-refractivity contribution is -0.138. The highest BCUT2D eigenvalue weighted by Crippen LogP contribution is 1.92. The smallest absolute Gasteiger partial charge is 0.305 e. The summed E-state index contributed by atoms with van der Waals surface area (Å²) in [5.74, 6) is 1.59. The van der Waals surface area contributed by atoms with Crippen LogP contribution in [-0.4, -0.2) is 63.2 Å². The minimum absolute atomic E-state index is 0.00242. The van der Waals surface area contributed by atoms with Crippen molar-refractivity contribution in [3.05, 3.63) is 0 Å². The summed E-state index contributed by atoms with van der Waals surface area (Å²) in [6.07, 6.45) is 6.84. The Hall–Kier alpha value is -1.62. The molecule has 1 amide bonds. The lowest BCUT2D eigenvalue weighted by Crippen LogP contribution is -2.27. The van der Waals surface area contributed by atoms with Crippen molar-refractivity contribution in [3.8, 4) is 12.3 Å². The van der Waals surface area contributed by atoms with E-state index in [2.05, 4.69) is 11.2 Å². The molecule has 0 fully saturated rings. The zero-order chi connectivity index (χ0) is 16.5. The number of nitrogens with one attached hydrogen (secondary N) is 1. The highest BCUT2D eigenvalue weighted by Gasteiger charge is 1.99. The Labute approximate surface area is 131 Å². The van der Waals surface area contributed by atoms with Crippen LogP contribution in [0, 0.1) is 12.3 Å². The molecule has 0 aromatic carbocycles. The lowest BCUT2D eigenvalue weighted by Gasteiger charge is -2.07. The second kappa shape index (κ2) is 15.8. The van der Waals surface area contributed by atoms with Crippen molar-refractivity contribution in [2.75, 3.05) is 46.2 Å². The van der Waals surface area contributed by atoms with Crippen LogP contribution < -0.4 is 5.32 Å². The Balaban J connectivity index is 3.12. The van der Waals surface area contributed by atoms with Gasteiger partial charge in [-0.05, 0) is 6.42 Å². The Morgan fingerprint density at radius 1 is 0.955 bits per heavy atom. The molecule has 0 aromatic heterocycles. The maximum absolute atomic E-state index is 11.3. The van der Waals surface area contributed by atoms with Crippen LogP contribution in [0.15, 0.2) is 0 Å². The molecular weight excluding hydrogens is 290 g/mol. The molecule has 7 heteroatoms. The molecule has 2 N–H and O–H groups in total. The third-order valence-electron chi connectivity index (χ3n) is 2.50. The summed E-state index contributed by atoms with van der Waals surface area (Å²) in [5.41, 5.74) is 0. The van der Waals surface area contributed by atoms with E-state index in [1.54, 1.807) is 0 Å². The van der Waals surface area contributed by atoms with E-state index < -0.39 is 5.97 Å². The molecule has 126 valence electrons. The van der Waals surface area contributed by atoms with Crippen LogP contribution in [0.5, 0.6) is 0 Å². The highest BCUT2D eigenvalue weighted by molar-refractivity contribution is 5.75. The number of carboxylic acid groups (broad SMARTS) is 1. The van der Waals surface area contributed by atoms with Crippen molar-refractivity contribution in [3.63, 3.8) is 0 Å². The van der Waals surface area contributed by atoms with Gasteiger partial charge in [0.1, 0.15) is 0 Å². The first-order valence-electron chi connectivity index (χ1n) is 7.32. The Morgan fingerprint density at radius 3 is 2.14 bits per heavy atom. The fourth-order valence-electron chi connectivity index (χ4n) is 1.40. The van der Waals surface area contributed by atoms with Crippen LogP contribution in [0.4, 0.5) is 0 Å². The third-order valence-corrected chi connectivity index (χ3v) is 2.50. The van der Waals surface area contributed by atoms with Gasteiger partial charge in [0.15, 0.2) is 0 Å². The van der Waals surface area contributed by atoms with Crippen molar-refractivity contribution >= 4 is 11.9 Å². The van der Waals surface area contributed by atoms with Gasteiger partial charge in [-0.1, -0.05) is 0 Å².